The van der Waals surface area contributed by atoms with Crippen LogP contribution >= 0.6 is 11.8 Å². The normalized spacial score (nSPS) is 24.9. The Bertz CT molecular complexity index is 330. The van der Waals surface area contributed by atoms with Gasteiger partial charge >= 0.3 is 6.01 Å². The van der Waals surface area contributed by atoms with E-state index < -0.39 is 0 Å². The van der Waals surface area contributed by atoms with E-state index in [4.69, 9.17) is 10.2 Å². The van der Waals surface area contributed by atoms with Gasteiger partial charge in [0.25, 0.3) is 0 Å². The number of aromatic nitrogens is 2. The van der Waals surface area contributed by atoms with Crippen molar-refractivity contribution >= 4 is 17.8 Å². The number of thioether (sulfide) groups is 1. The molecule has 2 rings (SSSR count). The third-order valence-corrected chi connectivity index (χ3v) is 4.06. The van der Waals surface area contributed by atoms with Crippen molar-refractivity contribution in [3.63, 3.8) is 0 Å². The summed E-state index contributed by atoms with van der Waals surface area (Å²) in [7, 11) is 0. The van der Waals surface area contributed by atoms with Crippen LogP contribution in [0.2, 0.25) is 0 Å². The second kappa shape index (κ2) is 5.54. The molecule has 0 saturated heterocycles. The van der Waals surface area contributed by atoms with E-state index in [9.17, 15) is 0 Å². The first kappa shape index (κ1) is 11.7. The number of rotatable bonds is 5. The SMILES string of the molecule is CSC1CCCC1Nc1nnc(CCN)o1. The molecule has 1 aliphatic carbocycles. The van der Waals surface area contributed by atoms with Gasteiger partial charge in [-0.25, -0.2) is 0 Å². The highest BCUT2D eigenvalue weighted by molar-refractivity contribution is 7.99. The summed E-state index contributed by atoms with van der Waals surface area (Å²) in [5, 5.41) is 11.9. The summed E-state index contributed by atoms with van der Waals surface area (Å²) in [5.74, 6) is 0.615. The molecule has 2 atom stereocenters. The van der Waals surface area contributed by atoms with Gasteiger partial charge in [0.1, 0.15) is 0 Å². The lowest BCUT2D eigenvalue weighted by atomic mass is 10.2. The average molecular weight is 242 g/mol. The molecule has 0 spiro atoms. The Morgan fingerprint density at radius 2 is 2.38 bits per heavy atom. The molecular formula is C10H18N4OS. The van der Waals surface area contributed by atoms with Crippen molar-refractivity contribution < 1.29 is 4.42 Å². The Hall–Kier alpha value is -0.750. The van der Waals surface area contributed by atoms with Crippen LogP contribution in [0.25, 0.3) is 0 Å². The van der Waals surface area contributed by atoms with Crippen LogP contribution in [0.5, 0.6) is 0 Å². The first-order valence-electron chi connectivity index (χ1n) is 5.65. The van der Waals surface area contributed by atoms with Gasteiger partial charge in [0, 0.05) is 24.3 Å². The fourth-order valence-corrected chi connectivity index (χ4v) is 3.00. The van der Waals surface area contributed by atoms with Gasteiger partial charge in [-0.05, 0) is 19.1 Å². The van der Waals surface area contributed by atoms with E-state index in [1.807, 2.05) is 11.8 Å². The molecule has 6 heteroatoms. The molecule has 0 aliphatic heterocycles. The molecule has 1 saturated carbocycles. The lowest BCUT2D eigenvalue weighted by Crippen LogP contribution is -2.25. The molecule has 3 N–H and O–H groups in total. The molecule has 1 aromatic rings. The van der Waals surface area contributed by atoms with Gasteiger partial charge in [-0.15, -0.1) is 5.10 Å². The van der Waals surface area contributed by atoms with Crippen LogP contribution in [0, 0.1) is 0 Å². The zero-order valence-corrected chi connectivity index (χ0v) is 10.3. The van der Waals surface area contributed by atoms with Gasteiger partial charge in [0.15, 0.2) is 0 Å². The predicted octanol–water partition coefficient (Wildman–Crippen LogP) is 1.27. The van der Waals surface area contributed by atoms with Gasteiger partial charge in [-0.3, -0.25) is 0 Å². The molecule has 1 fully saturated rings. The number of anilines is 1. The van der Waals surface area contributed by atoms with Crippen LogP contribution in [0.3, 0.4) is 0 Å². The minimum atomic E-state index is 0.459. The first-order valence-corrected chi connectivity index (χ1v) is 6.94. The van der Waals surface area contributed by atoms with Crippen LogP contribution in [0.15, 0.2) is 4.42 Å². The van der Waals surface area contributed by atoms with Crippen LogP contribution in [0.4, 0.5) is 6.01 Å². The Balaban J connectivity index is 1.92. The number of nitrogens with zero attached hydrogens (tertiary/aromatic N) is 2. The highest BCUT2D eigenvalue weighted by Crippen LogP contribution is 2.30. The summed E-state index contributed by atoms with van der Waals surface area (Å²) in [5.41, 5.74) is 5.43. The van der Waals surface area contributed by atoms with Gasteiger partial charge < -0.3 is 15.5 Å². The first-order chi connectivity index (χ1) is 7.83. The minimum absolute atomic E-state index is 0.459. The van der Waals surface area contributed by atoms with Crippen molar-refractivity contribution in [2.75, 3.05) is 18.1 Å². The minimum Gasteiger partial charge on any atom is -0.408 e. The van der Waals surface area contributed by atoms with Crippen LogP contribution in [-0.2, 0) is 6.42 Å². The number of nitrogens with two attached hydrogens (primary N) is 1. The van der Waals surface area contributed by atoms with Crippen LogP contribution in [-0.4, -0.2) is 34.3 Å². The number of hydrogen-bond acceptors (Lipinski definition) is 6. The molecule has 1 heterocycles. The molecule has 2 unspecified atom stereocenters. The Morgan fingerprint density at radius 3 is 3.12 bits per heavy atom. The maximum absolute atomic E-state index is 5.46. The molecule has 16 heavy (non-hydrogen) atoms. The maximum atomic E-state index is 5.46. The van der Waals surface area contributed by atoms with Gasteiger partial charge in [-0.1, -0.05) is 11.5 Å². The van der Waals surface area contributed by atoms with E-state index in [0.717, 1.165) is 0 Å². The molecule has 0 radical (unpaired) electrons. The van der Waals surface area contributed by atoms with Crippen molar-refractivity contribution in [3.8, 4) is 0 Å². The second-order valence-corrected chi connectivity index (χ2v) is 5.07. The van der Waals surface area contributed by atoms with E-state index in [-0.39, 0.29) is 0 Å². The third kappa shape index (κ3) is 2.68. The third-order valence-electron chi connectivity index (χ3n) is 2.89. The van der Waals surface area contributed by atoms with Gasteiger partial charge in [0.2, 0.25) is 5.89 Å². The van der Waals surface area contributed by atoms with E-state index in [0.29, 0.717) is 36.2 Å². The van der Waals surface area contributed by atoms with E-state index in [2.05, 4.69) is 21.8 Å². The summed E-state index contributed by atoms with van der Waals surface area (Å²) in [6.45, 7) is 0.540. The lowest BCUT2D eigenvalue weighted by Gasteiger charge is -2.17. The van der Waals surface area contributed by atoms with Crippen molar-refractivity contribution in [2.45, 2.75) is 37.0 Å². The monoisotopic (exact) mass is 242 g/mol. The van der Waals surface area contributed by atoms with E-state index >= 15 is 0 Å². The molecule has 0 aromatic carbocycles. The quantitative estimate of drug-likeness (QED) is 0.809. The highest BCUT2D eigenvalue weighted by atomic mass is 32.2. The van der Waals surface area contributed by atoms with Gasteiger partial charge in [0.05, 0.1) is 0 Å². The molecule has 1 aliphatic rings. The number of nitrogens with one attached hydrogen (secondary N) is 1. The summed E-state index contributed by atoms with van der Waals surface area (Å²) in [6.07, 6.45) is 6.51. The van der Waals surface area contributed by atoms with Crippen molar-refractivity contribution in [1.29, 1.82) is 0 Å². The van der Waals surface area contributed by atoms with E-state index in [1.165, 1.54) is 19.3 Å². The topological polar surface area (TPSA) is 77.0 Å². The number of hydrogen-bond donors (Lipinski definition) is 2. The second-order valence-electron chi connectivity index (χ2n) is 4.00. The van der Waals surface area contributed by atoms with Crippen molar-refractivity contribution in [3.05, 3.63) is 5.89 Å². The summed E-state index contributed by atoms with van der Waals surface area (Å²) in [6, 6.07) is 0.996. The standard InChI is InChI=1S/C10H18N4OS/c1-16-8-4-2-3-7(8)12-10-14-13-9(15-10)5-6-11/h7-8H,2-6,11H2,1H3,(H,12,14). The molecular weight excluding hydrogens is 224 g/mol. The average Bonchev–Trinajstić information content (AvgIpc) is 2.89. The van der Waals surface area contributed by atoms with Gasteiger partial charge in [-0.2, -0.15) is 11.8 Å². The van der Waals surface area contributed by atoms with Crippen molar-refractivity contribution in [2.24, 2.45) is 5.73 Å². The van der Waals surface area contributed by atoms with Crippen molar-refractivity contribution in [1.82, 2.24) is 10.2 Å². The molecule has 0 amide bonds. The lowest BCUT2D eigenvalue weighted by molar-refractivity contribution is 0.499. The maximum Gasteiger partial charge on any atom is 0.315 e. The zero-order chi connectivity index (χ0) is 11.4. The largest absolute Gasteiger partial charge is 0.408 e. The molecule has 90 valence electrons. The summed E-state index contributed by atoms with van der Waals surface area (Å²) in [4.78, 5) is 0. The summed E-state index contributed by atoms with van der Waals surface area (Å²) < 4.78 is 5.46. The summed E-state index contributed by atoms with van der Waals surface area (Å²) >= 11 is 1.90. The fraction of sp³-hybridized carbons (Fsp3) is 0.800. The Kier molecular flexibility index (Phi) is 4.06. The van der Waals surface area contributed by atoms with E-state index in [1.54, 1.807) is 0 Å². The van der Waals surface area contributed by atoms with Crippen LogP contribution in [0.1, 0.15) is 25.2 Å². The molecule has 1 aromatic heterocycles. The smallest absolute Gasteiger partial charge is 0.315 e. The predicted molar refractivity (Wildman–Crippen MR) is 65.6 cm³/mol. The highest BCUT2D eigenvalue weighted by Gasteiger charge is 2.27. The Labute approximate surface area is 99.6 Å². The molecule has 0 bridgehead atoms. The Morgan fingerprint density at radius 1 is 1.50 bits per heavy atom. The fourth-order valence-electron chi connectivity index (χ4n) is 2.07. The van der Waals surface area contributed by atoms with Crippen LogP contribution < -0.4 is 11.1 Å². The zero-order valence-electron chi connectivity index (χ0n) is 9.48. The molecule has 5 nitrogen and oxygen atoms in total.